The van der Waals surface area contributed by atoms with E-state index in [1.54, 1.807) is 24.3 Å². The fourth-order valence-electron chi connectivity index (χ4n) is 3.27. The summed E-state index contributed by atoms with van der Waals surface area (Å²) in [6.45, 7) is 8.11. The highest BCUT2D eigenvalue weighted by atomic mass is 32.2. The summed E-state index contributed by atoms with van der Waals surface area (Å²) in [4.78, 5) is 12.6. The Hall–Kier alpha value is -3.06. The monoisotopic (exact) mass is 426 g/mol. The van der Waals surface area contributed by atoms with Gasteiger partial charge < -0.3 is 9.73 Å². The van der Waals surface area contributed by atoms with Gasteiger partial charge in [-0.15, -0.1) is 0 Å². The Bertz CT molecular complexity index is 1110. The van der Waals surface area contributed by atoms with Gasteiger partial charge in [0, 0.05) is 11.3 Å². The van der Waals surface area contributed by atoms with Crippen LogP contribution in [0.4, 0.5) is 10.5 Å². The standard InChI is InChI=1S/C23H26N2O4S/c1-15(2)19-10-6-11-20(16(3)4)22(19)24-23(26)25-30(27,28)18-9-5-8-17(14-18)21-12-7-13-29-21/h5-16H,1-4H3,(H2,24,25,26). The fourth-order valence-corrected chi connectivity index (χ4v) is 4.23. The molecule has 30 heavy (non-hydrogen) atoms. The summed E-state index contributed by atoms with van der Waals surface area (Å²) in [6.07, 6.45) is 1.51. The minimum atomic E-state index is -4.06. The SMILES string of the molecule is CC(C)c1cccc(C(C)C)c1NC(=O)NS(=O)(=O)c1cccc(-c2ccco2)c1. The lowest BCUT2D eigenvalue weighted by Crippen LogP contribution is -2.35. The van der Waals surface area contributed by atoms with Crippen LogP contribution in [0.5, 0.6) is 0 Å². The molecular weight excluding hydrogens is 400 g/mol. The van der Waals surface area contributed by atoms with E-state index in [2.05, 4.69) is 10.0 Å². The number of benzene rings is 2. The molecule has 0 atom stereocenters. The molecule has 7 heteroatoms. The number of hydrogen-bond acceptors (Lipinski definition) is 4. The maximum Gasteiger partial charge on any atom is 0.333 e. The topological polar surface area (TPSA) is 88.4 Å². The largest absolute Gasteiger partial charge is 0.464 e. The first kappa shape index (κ1) is 21.6. The van der Waals surface area contributed by atoms with Gasteiger partial charge in [-0.2, -0.15) is 0 Å². The highest BCUT2D eigenvalue weighted by molar-refractivity contribution is 7.90. The lowest BCUT2D eigenvalue weighted by atomic mass is 9.93. The van der Waals surface area contributed by atoms with Gasteiger partial charge in [-0.3, -0.25) is 0 Å². The number of hydrogen-bond donors (Lipinski definition) is 2. The molecule has 0 unspecified atom stereocenters. The molecule has 0 aliphatic rings. The van der Waals surface area contributed by atoms with E-state index in [4.69, 9.17) is 4.42 Å². The lowest BCUT2D eigenvalue weighted by Gasteiger charge is -2.20. The zero-order valence-electron chi connectivity index (χ0n) is 17.5. The summed E-state index contributed by atoms with van der Waals surface area (Å²) in [5, 5.41) is 2.76. The van der Waals surface area contributed by atoms with Crippen LogP contribution < -0.4 is 10.0 Å². The summed E-state index contributed by atoms with van der Waals surface area (Å²) in [5.74, 6) is 0.880. The lowest BCUT2D eigenvalue weighted by molar-refractivity contribution is 0.256. The van der Waals surface area contributed by atoms with Crippen molar-refractivity contribution in [3.8, 4) is 11.3 Å². The van der Waals surface area contributed by atoms with Crippen molar-refractivity contribution in [3.05, 3.63) is 72.0 Å². The molecule has 3 aromatic rings. The molecule has 0 saturated carbocycles. The van der Waals surface area contributed by atoms with Gasteiger partial charge in [0.05, 0.1) is 11.2 Å². The van der Waals surface area contributed by atoms with Crippen LogP contribution >= 0.6 is 0 Å². The van der Waals surface area contributed by atoms with Crippen molar-refractivity contribution in [2.24, 2.45) is 0 Å². The molecule has 2 N–H and O–H groups in total. The van der Waals surface area contributed by atoms with Crippen molar-refractivity contribution in [2.75, 3.05) is 5.32 Å². The summed E-state index contributed by atoms with van der Waals surface area (Å²) in [5.41, 5.74) is 3.16. The van der Waals surface area contributed by atoms with Crippen LogP contribution in [-0.4, -0.2) is 14.4 Å². The van der Waals surface area contributed by atoms with Gasteiger partial charge in [-0.25, -0.2) is 17.9 Å². The van der Waals surface area contributed by atoms with Gasteiger partial charge in [0.1, 0.15) is 5.76 Å². The molecule has 0 radical (unpaired) electrons. The molecule has 0 saturated heterocycles. The second-order valence-electron chi connectivity index (χ2n) is 7.69. The number of para-hydroxylation sites is 1. The smallest absolute Gasteiger partial charge is 0.333 e. The van der Waals surface area contributed by atoms with E-state index in [1.165, 1.54) is 18.4 Å². The third-order valence-electron chi connectivity index (χ3n) is 4.79. The van der Waals surface area contributed by atoms with Crippen LogP contribution in [-0.2, 0) is 10.0 Å². The molecule has 0 bridgehead atoms. The molecular formula is C23H26N2O4S. The number of anilines is 1. The fraction of sp³-hybridized carbons (Fsp3) is 0.261. The molecule has 1 aromatic heterocycles. The third kappa shape index (κ3) is 4.74. The van der Waals surface area contributed by atoms with E-state index in [0.717, 1.165) is 11.1 Å². The van der Waals surface area contributed by atoms with Gasteiger partial charge >= 0.3 is 6.03 Å². The van der Waals surface area contributed by atoms with Crippen molar-refractivity contribution in [2.45, 2.75) is 44.4 Å². The molecule has 0 aliphatic heterocycles. The number of carbonyl (C=O) groups is 1. The Morgan fingerprint density at radius 3 is 2.10 bits per heavy atom. The summed E-state index contributed by atoms with van der Waals surface area (Å²) >= 11 is 0. The Balaban J connectivity index is 1.86. The summed E-state index contributed by atoms with van der Waals surface area (Å²) < 4.78 is 33.0. The Morgan fingerprint density at radius 2 is 1.53 bits per heavy atom. The normalized spacial score (nSPS) is 11.7. The van der Waals surface area contributed by atoms with E-state index < -0.39 is 16.1 Å². The number of nitrogens with one attached hydrogen (secondary N) is 2. The number of furan rings is 1. The Labute approximate surface area is 177 Å². The van der Waals surface area contributed by atoms with E-state index in [1.807, 2.05) is 45.9 Å². The molecule has 158 valence electrons. The molecule has 2 amide bonds. The molecule has 0 fully saturated rings. The Kier molecular flexibility index (Phi) is 6.31. The minimum absolute atomic E-state index is 0.0206. The highest BCUT2D eigenvalue weighted by Gasteiger charge is 2.21. The first-order valence-electron chi connectivity index (χ1n) is 9.79. The minimum Gasteiger partial charge on any atom is -0.464 e. The predicted octanol–water partition coefficient (Wildman–Crippen LogP) is 5.70. The molecule has 2 aromatic carbocycles. The van der Waals surface area contributed by atoms with Gasteiger partial charge in [0.25, 0.3) is 10.0 Å². The quantitative estimate of drug-likeness (QED) is 0.529. The first-order chi connectivity index (χ1) is 14.2. The van der Waals surface area contributed by atoms with Crippen molar-refractivity contribution in [1.82, 2.24) is 4.72 Å². The van der Waals surface area contributed by atoms with Crippen molar-refractivity contribution >= 4 is 21.7 Å². The van der Waals surface area contributed by atoms with Gasteiger partial charge in [0.15, 0.2) is 0 Å². The van der Waals surface area contributed by atoms with Crippen LogP contribution in [0.2, 0.25) is 0 Å². The maximum atomic E-state index is 12.8. The maximum absolute atomic E-state index is 12.8. The zero-order valence-corrected chi connectivity index (χ0v) is 18.3. The number of urea groups is 1. The van der Waals surface area contributed by atoms with Crippen molar-refractivity contribution in [1.29, 1.82) is 0 Å². The number of rotatable bonds is 6. The number of sulfonamides is 1. The molecule has 6 nitrogen and oxygen atoms in total. The van der Waals surface area contributed by atoms with E-state index in [0.29, 0.717) is 17.0 Å². The Morgan fingerprint density at radius 1 is 0.900 bits per heavy atom. The molecule has 3 rings (SSSR count). The van der Waals surface area contributed by atoms with E-state index in [-0.39, 0.29) is 16.7 Å². The zero-order chi connectivity index (χ0) is 21.9. The molecule has 1 heterocycles. The average molecular weight is 427 g/mol. The average Bonchev–Trinajstić information content (AvgIpc) is 3.22. The summed E-state index contributed by atoms with van der Waals surface area (Å²) in [6, 6.07) is 14.7. The highest BCUT2D eigenvalue weighted by Crippen LogP contribution is 2.32. The second kappa shape index (κ2) is 8.75. The van der Waals surface area contributed by atoms with Gasteiger partial charge in [-0.1, -0.05) is 58.0 Å². The van der Waals surface area contributed by atoms with E-state index >= 15 is 0 Å². The van der Waals surface area contributed by atoms with Crippen LogP contribution in [0.3, 0.4) is 0 Å². The number of amides is 2. The second-order valence-corrected chi connectivity index (χ2v) is 9.37. The summed E-state index contributed by atoms with van der Waals surface area (Å²) in [7, 11) is -4.06. The molecule has 0 aliphatic carbocycles. The van der Waals surface area contributed by atoms with Crippen LogP contribution in [0.15, 0.2) is 70.2 Å². The van der Waals surface area contributed by atoms with Crippen LogP contribution in [0.25, 0.3) is 11.3 Å². The van der Waals surface area contributed by atoms with Crippen LogP contribution in [0.1, 0.15) is 50.7 Å². The first-order valence-corrected chi connectivity index (χ1v) is 11.3. The van der Waals surface area contributed by atoms with E-state index in [9.17, 15) is 13.2 Å². The van der Waals surface area contributed by atoms with Gasteiger partial charge in [-0.05, 0) is 47.2 Å². The van der Waals surface area contributed by atoms with Crippen LogP contribution in [0, 0.1) is 0 Å². The predicted molar refractivity (Wildman–Crippen MR) is 118 cm³/mol. The number of carbonyl (C=O) groups excluding carboxylic acids is 1. The van der Waals surface area contributed by atoms with Crippen molar-refractivity contribution in [3.63, 3.8) is 0 Å². The van der Waals surface area contributed by atoms with Crippen molar-refractivity contribution < 1.29 is 17.6 Å². The van der Waals surface area contributed by atoms with Gasteiger partial charge in [0.2, 0.25) is 0 Å². The molecule has 0 spiro atoms. The third-order valence-corrected chi connectivity index (χ3v) is 6.12.